The second-order valence-electron chi connectivity index (χ2n) is 3.36. The predicted octanol–water partition coefficient (Wildman–Crippen LogP) is 2.85. The highest BCUT2D eigenvalue weighted by Gasteiger charge is 1.97. The Morgan fingerprint density at radius 1 is 1.43 bits per heavy atom. The largest absolute Gasteiger partial charge is 0.462 e. The van der Waals surface area contributed by atoms with Crippen LogP contribution in [0.1, 0.15) is 32.3 Å². The van der Waals surface area contributed by atoms with Crippen LogP contribution in [0.4, 0.5) is 0 Å². The van der Waals surface area contributed by atoms with E-state index in [2.05, 4.69) is 32.2 Å². The first-order valence-corrected chi connectivity index (χ1v) is 5.26. The molecule has 0 spiro atoms. The molecule has 0 saturated heterocycles. The van der Waals surface area contributed by atoms with Crippen molar-refractivity contribution in [3.05, 3.63) is 29.7 Å². The van der Waals surface area contributed by atoms with E-state index in [4.69, 9.17) is 4.42 Å². The van der Waals surface area contributed by atoms with Crippen LogP contribution in [-0.2, 0) is 6.42 Å². The van der Waals surface area contributed by atoms with Gasteiger partial charge in [0, 0.05) is 12.5 Å². The number of hydrogen-bond acceptors (Lipinski definition) is 2. The van der Waals surface area contributed by atoms with Gasteiger partial charge in [-0.05, 0) is 31.7 Å². The average Bonchev–Trinajstić information content (AvgIpc) is 2.63. The first-order chi connectivity index (χ1) is 6.76. The molecule has 1 N–H and O–H groups in total. The molecule has 1 rings (SSSR count). The smallest absolute Gasteiger partial charge is 0.126 e. The summed E-state index contributed by atoms with van der Waals surface area (Å²) in [6, 6.07) is 4.43. The summed E-state index contributed by atoms with van der Waals surface area (Å²) in [6.45, 7) is 7.31. The van der Waals surface area contributed by atoms with Gasteiger partial charge in [0.2, 0.25) is 0 Å². The zero-order valence-corrected chi connectivity index (χ0v) is 9.21. The summed E-state index contributed by atoms with van der Waals surface area (Å²) in [5, 5.41) is 3.31. The van der Waals surface area contributed by atoms with Crippen LogP contribution in [0.15, 0.2) is 22.6 Å². The van der Waals surface area contributed by atoms with Crippen molar-refractivity contribution in [1.29, 1.82) is 0 Å². The van der Waals surface area contributed by atoms with E-state index in [0.717, 1.165) is 24.5 Å². The van der Waals surface area contributed by atoms with Crippen LogP contribution in [0, 0.1) is 0 Å². The minimum absolute atomic E-state index is 0.398. The second-order valence-corrected chi connectivity index (χ2v) is 3.36. The molecule has 1 aromatic rings. The first-order valence-electron chi connectivity index (χ1n) is 5.26. The Morgan fingerprint density at radius 3 is 2.79 bits per heavy atom. The van der Waals surface area contributed by atoms with Gasteiger partial charge in [0.15, 0.2) is 0 Å². The number of aryl methyl sites for hydroxylation is 1. The molecule has 0 aromatic carbocycles. The van der Waals surface area contributed by atoms with Gasteiger partial charge >= 0.3 is 0 Å². The Bertz CT molecular complexity index is 288. The van der Waals surface area contributed by atoms with Crippen molar-refractivity contribution in [1.82, 2.24) is 5.32 Å². The molecule has 0 saturated carbocycles. The van der Waals surface area contributed by atoms with Crippen molar-refractivity contribution >= 4 is 6.08 Å². The highest BCUT2D eigenvalue weighted by atomic mass is 16.3. The van der Waals surface area contributed by atoms with Crippen molar-refractivity contribution in [2.24, 2.45) is 0 Å². The lowest BCUT2D eigenvalue weighted by atomic mass is 10.3. The van der Waals surface area contributed by atoms with E-state index < -0.39 is 0 Å². The summed E-state index contributed by atoms with van der Waals surface area (Å²) in [7, 11) is 0. The van der Waals surface area contributed by atoms with Crippen LogP contribution in [-0.4, -0.2) is 12.6 Å². The molecule has 1 atom stereocenters. The third kappa shape index (κ3) is 3.38. The van der Waals surface area contributed by atoms with Gasteiger partial charge in [-0.3, -0.25) is 0 Å². The zero-order chi connectivity index (χ0) is 10.4. The van der Waals surface area contributed by atoms with Crippen molar-refractivity contribution in [3.63, 3.8) is 0 Å². The van der Waals surface area contributed by atoms with Crippen molar-refractivity contribution in [3.8, 4) is 0 Å². The third-order valence-electron chi connectivity index (χ3n) is 2.11. The van der Waals surface area contributed by atoms with Crippen LogP contribution < -0.4 is 5.32 Å². The minimum atomic E-state index is 0.398. The molecule has 1 unspecified atom stereocenters. The molecule has 14 heavy (non-hydrogen) atoms. The summed E-state index contributed by atoms with van der Waals surface area (Å²) in [5.41, 5.74) is 0. The van der Waals surface area contributed by atoms with Crippen LogP contribution in [0.5, 0.6) is 0 Å². The summed E-state index contributed by atoms with van der Waals surface area (Å²) in [5.74, 6) is 1.98. The van der Waals surface area contributed by atoms with Gasteiger partial charge in [0.1, 0.15) is 11.5 Å². The number of furan rings is 1. The molecule has 1 heterocycles. The molecule has 0 bridgehead atoms. The standard InChI is InChI=1S/C12H19NO/c1-4-11-8-9-12(14-11)7-6-10(3)13-5-2/h6-10,13H,4-5H2,1-3H3/b7-6+. The first kappa shape index (κ1) is 11.1. The molecular formula is C12H19NO. The Morgan fingerprint density at radius 2 is 2.21 bits per heavy atom. The van der Waals surface area contributed by atoms with Gasteiger partial charge < -0.3 is 9.73 Å². The zero-order valence-electron chi connectivity index (χ0n) is 9.21. The normalized spacial score (nSPS) is 13.6. The predicted molar refractivity (Wildman–Crippen MR) is 60.3 cm³/mol. The highest BCUT2D eigenvalue weighted by molar-refractivity contribution is 5.43. The Kier molecular flexibility index (Phi) is 4.47. The van der Waals surface area contributed by atoms with Crippen LogP contribution in [0.25, 0.3) is 6.08 Å². The van der Waals surface area contributed by atoms with Crippen molar-refractivity contribution in [2.75, 3.05) is 6.54 Å². The molecular weight excluding hydrogens is 174 g/mol. The molecule has 0 fully saturated rings. The van der Waals surface area contributed by atoms with Crippen molar-refractivity contribution in [2.45, 2.75) is 33.2 Å². The summed E-state index contributed by atoms with van der Waals surface area (Å²) >= 11 is 0. The molecule has 0 radical (unpaired) electrons. The number of rotatable bonds is 5. The topological polar surface area (TPSA) is 25.2 Å². The lowest BCUT2D eigenvalue weighted by Crippen LogP contribution is -2.22. The fraction of sp³-hybridized carbons (Fsp3) is 0.500. The van der Waals surface area contributed by atoms with E-state index in [1.54, 1.807) is 0 Å². The third-order valence-corrected chi connectivity index (χ3v) is 2.11. The average molecular weight is 193 g/mol. The summed E-state index contributed by atoms with van der Waals surface area (Å²) in [4.78, 5) is 0. The van der Waals surface area contributed by atoms with Crippen LogP contribution >= 0.6 is 0 Å². The van der Waals surface area contributed by atoms with E-state index >= 15 is 0 Å². The maximum atomic E-state index is 5.55. The lowest BCUT2D eigenvalue weighted by Gasteiger charge is -2.04. The fourth-order valence-electron chi connectivity index (χ4n) is 1.30. The SMILES string of the molecule is CCNC(C)/C=C/c1ccc(CC)o1. The molecule has 0 amide bonds. The Balaban J connectivity index is 2.50. The minimum Gasteiger partial charge on any atom is -0.462 e. The van der Waals surface area contributed by atoms with Crippen LogP contribution in [0.3, 0.4) is 0 Å². The summed E-state index contributed by atoms with van der Waals surface area (Å²) in [6.07, 6.45) is 5.09. The highest BCUT2D eigenvalue weighted by Crippen LogP contribution is 2.10. The van der Waals surface area contributed by atoms with Gasteiger partial charge in [-0.2, -0.15) is 0 Å². The molecule has 0 aliphatic heterocycles. The van der Waals surface area contributed by atoms with Gasteiger partial charge in [-0.1, -0.05) is 19.9 Å². The second kappa shape index (κ2) is 5.66. The van der Waals surface area contributed by atoms with Gasteiger partial charge in [-0.15, -0.1) is 0 Å². The monoisotopic (exact) mass is 193 g/mol. The fourth-order valence-corrected chi connectivity index (χ4v) is 1.30. The van der Waals surface area contributed by atoms with Gasteiger partial charge in [0.25, 0.3) is 0 Å². The van der Waals surface area contributed by atoms with Crippen molar-refractivity contribution < 1.29 is 4.42 Å². The maximum Gasteiger partial charge on any atom is 0.126 e. The number of likely N-dealkylation sites (N-methyl/N-ethyl adjacent to an activating group) is 1. The van der Waals surface area contributed by atoms with E-state index in [9.17, 15) is 0 Å². The van der Waals surface area contributed by atoms with Crippen LogP contribution in [0.2, 0.25) is 0 Å². The van der Waals surface area contributed by atoms with Gasteiger partial charge in [-0.25, -0.2) is 0 Å². The van der Waals surface area contributed by atoms with E-state index in [1.165, 1.54) is 0 Å². The number of nitrogens with one attached hydrogen (secondary N) is 1. The Hall–Kier alpha value is -1.02. The molecule has 0 aliphatic rings. The lowest BCUT2D eigenvalue weighted by molar-refractivity contribution is 0.507. The molecule has 1 aromatic heterocycles. The maximum absolute atomic E-state index is 5.55. The van der Waals surface area contributed by atoms with E-state index in [-0.39, 0.29) is 0 Å². The molecule has 0 aliphatic carbocycles. The van der Waals surface area contributed by atoms with E-state index in [0.29, 0.717) is 6.04 Å². The molecule has 2 heteroatoms. The quantitative estimate of drug-likeness (QED) is 0.778. The number of hydrogen-bond donors (Lipinski definition) is 1. The molecule has 2 nitrogen and oxygen atoms in total. The summed E-state index contributed by atoms with van der Waals surface area (Å²) < 4.78 is 5.55. The van der Waals surface area contributed by atoms with Gasteiger partial charge in [0.05, 0.1) is 0 Å². The van der Waals surface area contributed by atoms with E-state index in [1.807, 2.05) is 18.2 Å². The molecule has 78 valence electrons. The Labute approximate surface area is 86.0 Å².